The van der Waals surface area contributed by atoms with E-state index in [1.807, 2.05) is 31.2 Å². The molecule has 3 heterocycles. The molecule has 1 aliphatic carbocycles. The summed E-state index contributed by atoms with van der Waals surface area (Å²) >= 11 is 1.56. The molecule has 1 aromatic heterocycles. The number of nitrogens with zero attached hydrogens (tertiary/aromatic N) is 3. The van der Waals surface area contributed by atoms with Crippen LogP contribution in [0.2, 0.25) is 0 Å². The van der Waals surface area contributed by atoms with Gasteiger partial charge in [0.1, 0.15) is 12.5 Å². The van der Waals surface area contributed by atoms with Crippen molar-refractivity contribution in [2.75, 3.05) is 24.0 Å². The first-order valence-corrected chi connectivity index (χ1v) is 12.7. The van der Waals surface area contributed by atoms with Gasteiger partial charge in [-0.2, -0.15) is 13.2 Å². The molecule has 2 aliphatic heterocycles. The van der Waals surface area contributed by atoms with E-state index in [0.717, 1.165) is 28.3 Å². The lowest BCUT2D eigenvalue weighted by Crippen LogP contribution is -2.58. The van der Waals surface area contributed by atoms with Crippen LogP contribution >= 0.6 is 11.8 Å². The van der Waals surface area contributed by atoms with Gasteiger partial charge in [0.2, 0.25) is 5.43 Å². The van der Waals surface area contributed by atoms with E-state index in [1.54, 1.807) is 28.9 Å². The van der Waals surface area contributed by atoms with Crippen molar-refractivity contribution in [3.63, 3.8) is 0 Å². The summed E-state index contributed by atoms with van der Waals surface area (Å²) < 4.78 is 56.2. The van der Waals surface area contributed by atoms with Crippen LogP contribution in [0.1, 0.15) is 35.9 Å². The predicted octanol–water partition coefficient (Wildman–Crippen LogP) is 5.00. The van der Waals surface area contributed by atoms with E-state index in [4.69, 9.17) is 0 Å². The molecule has 2 unspecified atom stereocenters. The van der Waals surface area contributed by atoms with Gasteiger partial charge in [-0.15, -0.1) is 11.8 Å². The Kier molecular flexibility index (Phi) is 6.17. The topological polar surface area (TPSA) is 65.8 Å². The van der Waals surface area contributed by atoms with E-state index in [1.165, 1.54) is 16.9 Å². The number of carbonyl (C=O) groups excluding carboxylic acids is 1. The van der Waals surface area contributed by atoms with Crippen LogP contribution in [0, 0.1) is 17.3 Å². The first-order valence-electron chi connectivity index (χ1n) is 11.8. The van der Waals surface area contributed by atoms with Gasteiger partial charge in [0.25, 0.3) is 5.91 Å². The monoisotopic (exact) mass is 535 g/mol. The number of alkyl halides is 3. The normalized spacial score (nSPS) is 26.1. The van der Waals surface area contributed by atoms with Gasteiger partial charge < -0.3 is 10.0 Å². The summed E-state index contributed by atoms with van der Waals surface area (Å²) in [5.74, 6) is -3.70. The second-order valence-electron chi connectivity index (χ2n) is 9.96. The molecule has 1 amide bonds. The average molecular weight is 536 g/mol. The molecular weight excluding hydrogens is 510 g/mol. The van der Waals surface area contributed by atoms with Crippen molar-refractivity contribution >= 4 is 17.7 Å². The molecular formula is C26H25F4N3O3S. The Labute approximate surface area is 214 Å². The first-order chi connectivity index (χ1) is 17.4. The van der Waals surface area contributed by atoms with Gasteiger partial charge in [0.05, 0.1) is 12.0 Å². The zero-order chi connectivity index (χ0) is 26.7. The molecule has 1 N–H and O–H groups in total. The van der Waals surface area contributed by atoms with Gasteiger partial charge in [-0.25, -0.2) is 4.39 Å². The van der Waals surface area contributed by atoms with Crippen molar-refractivity contribution in [3.05, 3.63) is 82.1 Å². The smallest absolute Gasteiger partial charge is 0.393 e. The number of aromatic hydroxyl groups is 1. The van der Waals surface area contributed by atoms with Gasteiger partial charge in [0, 0.05) is 40.8 Å². The second kappa shape index (κ2) is 8.97. The maximum absolute atomic E-state index is 14.5. The molecule has 0 fully saturated rings. The highest BCUT2D eigenvalue weighted by molar-refractivity contribution is 7.99. The number of aromatic nitrogens is 1. The molecule has 0 saturated heterocycles. The highest BCUT2D eigenvalue weighted by Gasteiger charge is 2.48. The maximum Gasteiger partial charge on any atom is 0.393 e. The number of allylic oxidation sites excluding steroid dienone is 3. The van der Waals surface area contributed by atoms with Crippen LogP contribution in [0.25, 0.3) is 0 Å². The van der Waals surface area contributed by atoms with Crippen LogP contribution < -0.4 is 10.4 Å². The standard InChI is InChI=1S/C26H25F4N3O3S/c1-15(26(28,29)30)12-31-14-33(32-10-9-19(34)23(35)22(32)24(31)36)21-17-5-3-4-6-20(17)37-13-25(2)11-16(27)7-8-18(21)25/h3-11,15,18,21,35H,12-14H2,1-2H3/t15-,18?,21+,25?/m0/s1. The van der Waals surface area contributed by atoms with E-state index >= 15 is 0 Å². The lowest BCUT2D eigenvalue weighted by Gasteiger charge is -2.49. The van der Waals surface area contributed by atoms with Crippen LogP contribution in [-0.2, 0) is 0 Å². The van der Waals surface area contributed by atoms with Gasteiger partial charge >= 0.3 is 6.18 Å². The molecule has 196 valence electrons. The van der Waals surface area contributed by atoms with Crippen LogP contribution in [0.4, 0.5) is 17.6 Å². The molecule has 0 spiro atoms. The number of carbonyl (C=O) groups is 1. The fraction of sp³-hybridized carbons (Fsp3) is 0.385. The Hall–Kier alpha value is -3.21. The number of halogens is 4. The molecule has 3 aliphatic rings. The Morgan fingerprint density at radius 1 is 1.22 bits per heavy atom. The summed E-state index contributed by atoms with van der Waals surface area (Å²) in [6.45, 7) is 2.02. The van der Waals surface area contributed by atoms with E-state index in [9.17, 15) is 32.3 Å². The number of thioether (sulfide) groups is 1. The van der Waals surface area contributed by atoms with Crippen LogP contribution in [-0.4, -0.2) is 45.7 Å². The summed E-state index contributed by atoms with van der Waals surface area (Å²) in [5, 5.41) is 12.3. The Bertz CT molecular complexity index is 1370. The molecule has 0 saturated carbocycles. The van der Waals surface area contributed by atoms with Crippen LogP contribution in [0.5, 0.6) is 5.75 Å². The summed E-state index contributed by atoms with van der Waals surface area (Å²) in [6.07, 6.45) is 1.50. The predicted molar refractivity (Wildman–Crippen MR) is 132 cm³/mol. The molecule has 0 bridgehead atoms. The average Bonchev–Trinajstić information content (AvgIpc) is 2.96. The lowest BCUT2D eigenvalue weighted by molar-refractivity contribution is -0.172. The number of pyridine rings is 1. The minimum Gasteiger partial charge on any atom is -0.502 e. The van der Waals surface area contributed by atoms with E-state index < -0.39 is 52.9 Å². The van der Waals surface area contributed by atoms with Gasteiger partial charge in [-0.3, -0.25) is 19.3 Å². The summed E-state index contributed by atoms with van der Waals surface area (Å²) in [6, 6.07) is 8.11. The van der Waals surface area contributed by atoms with E-state index in [-0.39, 0.29) is 18.4 Å². The summed E-state index contributed by atoms with van der Waals surface area (Å²) in [5.41, 5.74) is -1.02. The number of fused-ring (bicyclic) bond motifs is 3. The summed E-state index contributed by atoms with van der Waals surface area (Å²) in [7, 11) is 0. The maximum atomic E-state index is 14.5. The van der Waals surface area contributed by atoms with Gasteiger partial charge in [-0.05, 0) is 23.8 Å². The fourth-order valence-electron chi connectivity index (χ4n) is 5.29. The number of rotatable bonds is 3. The highest BCUT2D eigenvalue weighted by atomic mass is 32.2. The van der Waals surface area contributed by atoms with Crippen molar-refractivity contribution in [1.82, 2.24) is 9.58 Å². The quantitative estimate of drug-likeness (QED) is 0.561. The number of hydrogen-bond donors (Lipinski definition) is 1. The molecule has 37 heavy (non-hydrogen) atoms. The molecule has 1 aromatic carbocycles. The Balaban J connectivity index is 1.70. The molecule has 11 heteroatoms. The largest absolute Gasteiger partial charge is 0.502 e. The number of amides is 1. The summed E-state index contributed by atoms with van der Waals surface area (Å²) in [4.78, 5) is 27.5. The highest BCUT2D eigenvalue weighted by Crippen LogP contribution is 2.52. The van der Waals surface area contributed by atoms with Crippen molar-refractivity contribution < 1.29 is 27.5 Å². The number of benzene rings is 1. The second-order valence-corrected chi connectivity index (χ2v) is 11.0. The fourth-order valence-corrected chi connectivity index (χ4v) is 6.56. The molecule has 2 aromatic rings. The SMILES string of the molecule is C[C@@H](CN1CN([C@@H]2c3ccccc3SCC3(C)C=C(F)C=CC23)n2ccc(=O)c(O)c2C1=O)C(F)(F)F. The molecule has 5 rings (SSSR count). The van der Waals surface area contributed by atoms with Crippen LogP contribution in [0.3, 0.4) is 0 Å². The molecule has 0 radical (unpaired) electrons. The first kappa shape index (κ1) is 25.4. The molecule has 4 atom stereocenters. The minimum atomic E-state index is -4.54. The third-order valence-corrected chi connectivity index (χ3v) is 8.77. The number of hydrogen-bond acceptors (Lipinski definition) is 5. The Morgan fingerprint density at radius 3 is 2.68 bits per heavy atom. The molecule has 6 nitrogen and oxygen atoms in total. The van der Waals surface area contributed by atoms with E-state index in [0.29, 0.717) is 5.75 Å². The van der Waals surface area contributed by atoms with Crippen molar-refractivity contribution in [1.29, 1.82) is 0 Å². The minimum absolute atomic E-state index is 0.231. The third-order valence-electron chi connectivity index (χ3n) is 7.32. The van der Waals surface area contributed by atoms with Gasteiger partial charge in [0.15, 0.2) is 11.4 Å². The van der Waals surface area contributed by atoms with Crippen LogP contribution in [0.15, 0.2) is 70.3 Å². The zero-order valence-corrected chi connectivity index (χ0v) is 20.9. The Morgan fingerprint density at radius 2 is 1.95 bits per heavy atom. The van der Waals surface area contributed by atoms with E-state index in [2.05, 4.69) is 0 Å². The lowest BCUT2D eigenvalue weighted by atomic mass is 9.70. The van der Waals surface area contributed by atoms with Crippen molar-refractivity contribution in [2.45, 2.75) is 31.0 Å². The van der Waals surface area contributed by atoms with Crippen molar-refractivity contribution in [3.8, 4) is 5.75 Å². The van der Waals surface area contributed by atoms with Crippen molar-refractivity contribution in [2.24, 2.45) is 17.3 Å². The third kappa shape index (κ3) is 4.32. The zero-order valence-electron chi connectivity index (χ0n) is 20.1. The van der Waals surface area contributed by atoms with Gasteiger partial charge in [-0.1, -0.05) is 38.1 Å².